The summed E-state index contributed by atoms with van der Waals surface area (Å²) in [5.74, 6) is -15.6. The van der Waals surface area contributed by atoms with Gasteiger partial charge >= 0.3 is 23.5 Å². The molecule has 9 fully saturated rings. The molecule has 0 aromatic rings. The number of nitrogens with two attached hydrogens (primary N) is 1. The molecule has 736 valence electrons. The van der Waals surface area contributed by atoms with Gasteiger partial charge in [-0.25, -0.2) is 18.4 Å². The number of hydrogen-bond acceptors (Lipinski definition) is 50. The molecule has 58 heteroatoms. The van der Waals surface area contributed by atoms with Gasteiger partial charge in [0.05, 0.1) is 77.6 Å². The van der Waals surface area contributed by atoms with Crippen LogP contribution >= 0.6 is 0 Å². The van der Waals surface area contributed by atoms with Gasteiger partial charge in [-0.2, -0.15) is 0 Å². The first-order valence-corrected chi connectivity index (χ1v) is 39.3. The Morgan fingerprint density at radius 3 is 1.15 bits per heavy atom. The van der Waals surface area contributed by atoms with E-state index in [1.165, 1.54) is 6.92 Å². The van der Waals surface area contributed by atoms with Crippen molar-refractivity contribution in [1.82, 2.24) is 16.0 Å². The number of ether oxygens (including phenoxy) is 18. The molecule has 9 heterocycles. The molecule has 48 atom stereocenters. The number of nitrogens with one attached hydrogen (secondary N) is 3. The fourth-order valence-electron chi connectivity index (χ4n) is 15.4. The van der Waals surface area contributed by atoms with Crippen molar-refractivity contribution < 1.29 is 266 Å². The number of aliphatic carboxylic acids is 2. The van der Waals surface area contributed by atoms with Crippen LogP contribution in [0.4, 0.5) is 8.78 Å². The first-order valence-electron chi connectivity index (χ1n) is 39.3. The maximum Gasteiger partial charge on any atom is 0.367 e. The van der Waals surface area contributed by atoms with Crippen molar-refractivity contribution in [3.05, 3.63) is 0 Å². The van der Waals surface area contributed by atoms with Crippen LogP contribution in [0, 0.1) is 0 Å². The zero-order valence-corrected chi connectivity index (χ0v) is 67.8. The molecule has 17 unspecified atom stereocenters. The summed E-state index contributed by atoms with van der Waals surface area (Å²) in [7, 11) is 0.973. The van der Waals surface area contributed by atoms with Crippen LogP contribution < -0.4 is 21.7 Å². The summed E-state index contributed by atoms with van der Waals surface area (Å²) in [6.07, 6.45) is -96.8. The molecule has 9 saturated heterocycles. The molecule has 56 nitrogen and oxygen atoms in total. The van der Waals surface area contributed by atoms with Crippen LogP contribution in [0.15, 0.2) is 0 Å². The van der Waals surface area contributed by atoms with E-state index in [1.807, 2.05) is 10.6 Å². The number of carboxylic acid groups (broad SMARTS) is 2. The summed E-state index contributed by atoms with van der Waals surface area (Å²) in [6.45, 7) is -6.95. The molecule has 9 aliphatic heterocycles. The molecule has 0 aliphatic carbocycles. The lowest BCUT2D eigenvalue weighted by Gasteiger charge is -2.50. The number of hydrogen-bond donors (Lipinski definition) is 32. The Bertz CT molecular complexity index is 3500. The van der Waals surface area contributed by atoms with Crippen LogP contribution in [0.2, 0.25) is 0 Å². The summed E-state index contributed by atoms with van der Waals surface area (Å²) < 4.78 is 135. The third kappa shape index (κ3) is 23.8. The van der Waals surface area contributed by atoms with Gasteiger partial charge in [0.25, 0.3) is 0 Å². The summed E-state index contributed by atoms with van der Waals surface area (Å²) in [4.78, 5) is 72.0. The Morgan fingerprint density at radius 1 is 0.386 bits per heavy atom. The molecule has 0 aromatic heterocycles. The standard InChI is InChI=1S/C67H109F2N3O51.C2H5NO/c1-15(79)70-29-40(93)56(68)66(64(102)103,122-51(29)32(85)19(83)6-73)108-13-26-36(89)42(95)46(99)60(115-26)118-49-18(82)5-28(110-23(49)10-77)117-54-44(97)34(87)21(8-75)111-62(54)107-12-25-38(91)53(48(101)59(106-4)114-25)120-63-55(45(98)35(88)22(9-76)112-63)121-58-31(72-17(3)81)39(92)50(24(11-78)113-58)119-61-47(100)43(96)37(90)27(116-61)14-109-67(65(104)105)57(69)41(94)30(71-16(2)80)52(123-67)33(86)20(84)7-74;1-2(3)4/h18-63,73-78,82-101H,5-14H2,1-4H3,(H,70,79)(H,71,80)(H,72,81)(H,102,103)(H,104,105);1H3,(H2,3,4)/t18-,19-,20-,21?,22+,23?,24?,25?,26?,27?,28+,29-,30-,31?,32-,33-,34-,35-,36+,37+,38-,39-,40+,41+,42+,43+,44+,45?,46?,47?,48?,49+,50-,51?,52?,53+,54?,55?,56?,57?,58+,59-,60+,61+,62+,63-,66-,67-;/m1./s1. The number of methoxy groups -OCH3 is 1. The van der Waals surface area contributed by atoms with Crippen molar-refractivity contribution in [3.63, 3.8) is 0 Å². The van der Waals surface area contributed by atoms with Crippen molar-refractivity contribution in [2.45, 2.75) is 328 Å². The molecular formula is C69H114F2N4O52. The lowest BCUT2D eigenvalue weighted by atomic mass is 9.87. The molecule has 9 aliphatic rings. The van der Waals surface area contributed by atoms with Crippen LogP contribution in [0.25, 0.3) is 0 Å². The molecule has 0 radical (unpaired) electrons. The molecule has 0 aromatic carbocycles. The highest BCUT2D eigenvalue weighted by Gasteiger charge is 2.67. The van der Waals surface area contributed by atoms with E-state index in [9.17, 15) is 172 Å². The highest BCUT2D eigenvalue weighted by atomic mass is 19.1. The quantitative estimate of drug-likeness (QED) is 0.0280. The van der Waals surface area contributed by atoms with Gasteiger partial charge in [-0.3, -0.25) is 19.2 Å². The van der Waals surface area contributed by atoms with Crippen molar-refractivity contribution in [3.8, 4) is 0 Å². The number of halogens is 2. The van der Waals surface area contributed by atoms with E-state index in [-0.39, 0.29) is 5.91 Å². The molecule has 9 rings (SSSR count). The van der Waals surface area contributed by atoms with Crippen LogP contribution in [0.5, 0.6) is 0 Å². The van der Waals surface area contributed by atoms with Gasteiger partial charge in [0.1, 0.15) is 207 Å². The first-order chi connectivity index (χ1) is 59.6. The minimum absolute atomic E-state index is 0.333. The average Bonchev–Trinajstić information content (AvgIpc) is 0.750. The molecule has 0 bridgehead atoms. The second-order valence-electron chi connectivity index (χ2n) is 31.1. The van der Waals surface area contributed by atoms with E-state index in [0.29, 0.717) is 0 Å². The van der Waals surface area contributed by atoms with Crippen molar-refractivity contribution >= 4 is 35.6 Å². The number of alkyl halides is 2. The van der Waals surface area contributed by atoms with Crippen LogP contribution in [0.3, 0.4) is 0 Å². The first kappa shape index (κ1) is 107. The summed E-state index contributed by atoms with van der Waals surface area (Å²) in [5.41, 5.74) is 4.47. The lowest BCUT2D eigenvalue weighted by molar-refractivity contribution is -0.392. The number of aliphatic hydroxyl groups is 26. The number of carbonyl (C=O) groups excluding carboxylic acids is 4. The van der Waals surface area contributed by atoms with E-state index >= 15 is 8.78 Å². The second kappa shape index (κ2) is 46.2. The Morgan fingerprint density at radius 2 is 0.740 bits per heavy atom. The largest absolute Gasteiger partial charge is 0.477 e. The van der Waals surface area contributed by atoms with Gasteiger partial charge in [-0.05, 0) is 0 Å². The van der Waals surface area contributed by atoms with Crippen LogP contribution in [0.1, 0.15) is 34.1 Å². The highest BCUT2D eigenvalue weighted by Crippen LogP contribution is 2.43. The lowest BCUT2D eigenvalue weighted by Crippen LogP contribution is -2.73. The smallest absolute Gasteiger partial charge is 0.367 e. The van der Waals surface area contributed by atoms with Crippen LogP contribution in [-0.4, -0.2) is 539 Å². The number of primary amides is 1. The molecular weight excluding hydrogens is 1750 g/mol. The molecule has 33 N–H and O–H groups in total. The zero-order valence-electron chi connectivity index (χ0n) is 67.8. The monoisotopic (exact) mass is 1870 g/mol. The van der Waals surface area contributed by atoms with Crippen LogP contribution in [-0.2, 0) is 114 Å². The van der Waals surface area contributed by atoms with Gasteiger partial charge in [0.2, 0.25) is 23.6 Å². The fraction of sp³-hybridized carbons (Fsp3) is 0.913. The Labute approximate surface area is 715 Å². The predicted molar refractivity (Wildman–Crippen MR) is 385 cm³/mol. The second-order valence-corrected chi connectivity index (χ2v) is 31.1. The van der Waals surface area contributed by atoms with Gasteiger partial charge < -0.3 is 250 Å². The maximum absolute atomic E-state index is 16.3. The number of aliphatic hydroxyl groups excluding tert-OH is 26. The Balaban J connectivity index is 0.00000488. The van der Waals surface area contributed by atoms with Gasteiger partial charge in [0.15, 0.2) is 56.4 Å². The minimum atomic E-state index is -3.77. The number of amides is 4. The summed E-state index contributed by atoms with van der Waals surface area (Å²) in [5, 5.41) is 312. The normalized spacial score (nSPS) is 46.0. The SMILES string of the molecule is CC(N)=O.CO[C@@H]1OC(CO[C@H]2OC(CO)[C@@H](O)[C@H](O)C2O[C@H]2C[C@@H](O)[C@H](O[C@@H]3OC(CO[C@@]4(C(=O)O)OC([C@H](O)[C@H](O)CO)[C@H](NC(C)=O)[C@H](O)C4F)[C@H](O)[C@H](O)C3O)C(CO)O2)[C@@H](O)[C@H](O[C@H]2O[C@@H](CO)[C@@H](O)C(O)C2O[C@@H]2OC(CO)[C@@H](O[C@@H]3OC(CO[C@@]4(C(=O)O)OC([C@H](O)[C@H](O)CO)[C@H](NC(C)=O)[C@H](O)C4F)[C@H](O)[C@H](O)C3O)[C@H](O)C2NC(C)=O)C1O. The van der Waals surface area contributed by atoms with Gasteiger partial charge in [0, 0.05) is 41.2 Å². The summed E-state index contributed by atoms with van der Waals surface area (Å²) in [6, 6.07) is -6.11. The third-order valence-corrected chi connectivity index (χ3v) is 22.2. The van der Waals surface area contributed by atoms with E-state index in [0.717, 1.165) is 27.9 Å². The maximum atomic E-state index is 16.3. The highest BCUT2D eigenvalue weighted by molar-refractivity contribution is 5.78. The fourth-order valence-corrected chi connectivity index (χ4v) is 15.4. The zero-order chi connectivity index (χ0) is 94.9. The van der Waals surface area contributed by atoms with Gasteiger partial charge in [-0.15, -0.1) is 0 Å². The van der Waals surface area contributed by atoms with Gasteiger partial charge in [-0.1, -0.05) is 0 Å². The molecule has 0 saturated carbocycles. The number of carboxylic acids is 2. The molecule has 4 amide bonds. The third-order valence-electron chi connectivity index (χ3n) is 22.2. The van der Waals surface area contributed by atoms with E-state index < -0.39 is 389 Å². The number of rotatable bonds is 35. The Hall–Kier alpha value is -5.08. The molecule has 0 spiro atoms. The van der Waals surface area contributed by atoms with Crippen molar-refractivity contribution in [2.75, 3.05) is 66.6 Å². The average molecular weight is 1870 g/mol. The predicted octanol–water partition coefficient (Wildman–Crippen LogP) is -20.7. The minimum Gasteiger partial charge on any atom is -0.477 e. The van der Waals surface area contributed by atoms with E-state index in [4.69, 9.17) is 85.3 Å². The van der Waals surface area contributed by atoms with Crippen molar-refractivity contribution in [1.29, 1.82) is 0 Å². The van der Waals surface area contributed by atoms with E-state index in [1.54, 1.807) is 0 Å². The number of carbonyl (C=O) groups is 6. The van der Waals surface area contributed by atoms with E-state index in [2.05, 4.69) is 11.1 Å². The topological polar surface area (TPSA) is 897 Å². The Kier molecular flexibility index (Phi) is 39.1. The van der Waals surface area contributed by atoms with Crippen molar-refractivity contribution in [2.24, 2.45) is 5.73 Å². The summed E-state index contributed by atoms with van der Waals surface area (Å²) >= 11 is 0. The molecule has 127 heavy (non-hydrogen) atoms.